The maximum atomic E-state index is 12.7. The van der Waals surface area contributed by atoms with Crippen molar-refractivity contribution >= 4 is 24.2 Å². The van der Waals surface area contributed by atoms with Crippen molar-refractivity contribution < 1.29 is 9.59 Å². The maximum Gasteiger partial charge on any atom is 0.253 e. The molecule has 0 bridgehead atoms. The second-order valence-corrected chi connectivity index (χ2v) is 7.14. The second kappa shape index (κ2) is 8.68. The van der Waals surface area contributed by atoms with E-state index < -0.39 is 0 Å². The molecular formula is C19H28ClN3O2. The molecule has 0 radical (unpaired) electrons. The summed E-state index contributed by atoms with van der Waals surface area (Å²) in [5, 5.41) is 3.21. The molecule has 0 spiro atoms. The van der Waals surface area contributed by atoms with Crippen molar-refractivity contribution in [2.75, 3.05) is 19.6 Å². The molecule has 1 saturated carbocycles. The number of hydrogen-bond acceptors (Lipinski definition) is 3. The molecule has 2 fully saturated rings. The molecular weight excluding hydrogens is 338 g/mol. The lowest BCUT2D eigenvalue weighted by Crippen LogP contribution is -2.55. The largest absolute Gasteiger partial charge is 0.349 e. The third-order valence-corrected chi connectivity index (χ3v) is 5.44. The molecule has 5 nitrogen and oxygen atoms in total. The topological polar surface area (TPSA) is 75.4 Å². The Bertz CT molecular complexity index is 588. The van der Waals surface area contributed by atoms with Crippen LogP contribution >= 0.6 is 12.4 Å². The molecule has 2 amide bonds. The highest BCUT2D eigenvalue weighted by Crippen LogP contribution is 2.29. The second-order valence-electron chi connectivity index (χ2n) is 7.14. The molecule has 25 heavy (non-hydrogen) atoms. The first-order valence-electron chi connectivity index (χ1n) is 9.00. The number of nitrogens with two attached hydrogens (primary N) is 1. The van der Waals surface area contributed by atoms with E-state index in [9.17, 15) is 9.59 Å². The Balaban J connectivity index is 0.00000225. The van der Waals surface area contributed by atoms with Gasteiger partial charge in [-0.25, -0.2) is 0 Å². The third-order valence-electron chi connectivity index (χ3n) is 5.44. The molecule has 1 unspecified atom stereocenters. The quantitative estimate of drug-likeness (QED) is 0.859. The van der Waals surface area contributed by atoms with Gasteiger partial charge in [0.15, 0.2) is 0 Å². The van der Waals surface area contributed by atoms with Crippen LogP contribution < -0.4 is 11.1 Å². The first-order chi connectivity index (χ1) is 11.6. The molecule has 2 aliphatic rings. The Morgan fingerprint density at radius 2 is 1.84 bits per heavy atom. The van der Waals surface area contributed by atoms with Crippen LogP contribution in [0.25, 0.3) is 0 Å². The van der Waals surface area contributed by atoms with E-state index in [0.717, 1.165) is 45.1 Å². The molecule has 1 saturated heterocycles. The van der Waals surface area contributed by atoms with Crippen LogP contribution in [-0.2, 0) is 4.79 Å². The van der Waals surface area contributed by atoms with E-state index in [1.807, 2.05) is 35.2 Å². The van der Waals surface area contributed by atoms with Crippen LogP contribution in [0, 0.1) is 5.92 Å². The van der Waals surface area contributed by atoms with E-state index in [0.29, 0.717) is 18.7 Å². The summed E-state index contributed by atoms with van der Waals surface area (Å²) in [7, 11) is 0. The number of rotatable bonds is 4. The van der Waals surface area contributed by atoms with Gasteiger partial charge in [-0.2, -0.15) is 0 Å². The van der Waals surface area contributed by atoms with E-state index in [4.69, 9.17) is 5.73 Å². The van der Waals surface area contributed by atoms with Crippen molar-refractivity contribution in [1.29, 1.82) is 0 Å². The molecule has 1 atom stereocenters. The van der Waals surface area contributed by atoms with Gasteiger partial charge in [0.05, 0.1) is 11.5 Å². The van der Waals surface area contributed by atoms with Crippen LogP contribution in [0.2, 0.25) is 0 Å². The zero-order valence-corrected chi connectivity index (χ0v) is 15.4. The minimum atomic E-state index is -0.219. The van der Waals surface area contributed by atoms with Crippen LogP contribution in [0.1, 0.15) is 48.9 Å². The molecule has 6 heteroatoms. The van der Waals surface area contributed by atoms with Gasteiger partial charge in [-0.05, 0) is 37.8 Å². The van der Waals surface area contributed by atoms with Crippen LogP contribution in [0.5, 0.6) is 0 Å². The molecule has 1 heterocycles. The predicted molar refractivity (Wildman–Crippen MR) is 101 cm³/mol. The van der Waals surface area contributed by atoms with Crippen LogP contribution in [-0.4, -0.2) is 41.9 Å². The Kier molecular flexibility index (Phi) is 6.85. The fourth-order valence-corrected chi connectivity index (χ4v) is 3.93. The number of likely N-dealkylation sites (tertiary alicyclic amines) is 1. The summed E-state index contributed by atoms with van der Waals surface area (Å²) in [5.41, 5.74) is 6.39. The number of nitrogens with one attached hydrogen (secondary N) is 1. The van der Waals surface area contributed by atoms with E-state index >= 15 is 0 Å². The third kappa shape index (κ3) is 4.53. The SMILES string of the molecule is Cl.NCC1(NC(=O)C2CCCN(C(=O)c3ccccc3)C2)CCCC1. The number of carbonyl (C=O) groups is 2. The number of nitrogens with zero attached hydrogens (tertiary/aromatic N) is 1. The predicted octanol–water partition coefficient (Wildman–Crippen LogP) is 2.35. The maximum absolute atomic E-state index is 12.7. The first-order valence-corrected chi connectivity index (χ1v) is 9.00. The summed E-state index contributed by atoms with van der Waals surface area (Å²) in [6.07, 6.45) is 5.89. The van der Waals surface area contributed by atoms with Gasteiger partial charge in [0.1, 0.15) is 0 Å². The van der Waals surface area contributed by atoms with E-state index in [2.05, 4.69) is 5.32 Å². The number of hydrogen-bond donors (Lipinski definition) is 2. The van der Waals surface area contributed by atoms with Crippen molar-refractivity contribution in [3.63, 3.8) is 0 Å². The number of carbonyl (C=O) groups excluding carboxylic acids is 2. The highest BCUT2D eigenvalue weighted by molar-refractivity contribution is 5.94. The van der Waals surface area contributed by atoms with Crippen molar-refractivity contribution in [1.82, 2.24) is 10.2 Å². The minimum absolute atomic E-state index is 0. The smallest absolute Gasteiger partial charge is 0.253 e. The van der Waals surface area contributed by atoms with E-state index in [1.165, 1.54) is 0 Å². The van der Waals surface area contributed by atoms with E-state index in [1.54, 1.807) is 0 Å². The van der Waals surface area contributed by atoms with Gasteiger partial charge in [-0.3, -0.25) is 9.59 Å². The van der Waals surface area contributed by atoms with Crippen LogP contribution in [0.4, 0.5) is 0 Å². The van der Waals surface area contributed by atoms with Gasteiger partial charge >= 0.3 is 0 Å². The molecule has 1 aliphatic heterocycles. The van der Waals surface area contributed by atoms with E-state index in [-0.39, 0.29) is 35.7 Å². The normalized spacial score (nSPS) is 22.1. The first kappa shape index (κ1) is 19.7. The van der Waals surface area contributed by atoms with Crippen LogP contribution in [0.3, 0.4) is 0 Å². The number of amides is 2. The van der Waals surface area contributed by atoms with Crippen molar-refractivity contribution in [2.45, 2.75) is 44.1 Å². The molecule has 3 rings (SSSR count). The zero-order valence-electron chi connectivity index (χ0n) is 14.6. The lowest BCUT2D eigenvalue weighted by atomic mass is 9.92. The Hall–Kier alpha value is -1.59. The summed E-state index contributed by atoms with van der Waals surface area (Å²) in [6, 6.07) is 9.29. The standard InChI is InChI=1S/C19H27N3O2.ClH/c20-14-19(10-4-5-11-19)21-17(23)16-9-6-12-22(13-16)18(24)15-7-2-1-3-8-15;/h1-3,7-8,16H,4-6,9-14,20H2,(H,21,23);1H. The molecule has 1 aromatic carbocycles. The zero-order chi connectivity index (χ0) is 17.0. The number of benzene rings is 1. The van der Waals surface area contributed by atoms with Gasteiger partial charge in [0.25, 0.3) is 5.91 Å². The van der Waals surface area contributed by atoms with Crippen LogP contribution in [0.15, 0.2) is 30.3 Å². The lowest BCUT2D eigenvalue weighted by Gasteiger charge is -2.35. The van der Waals surface area contributed by atoms with Crippen molar-refractivity contribution in [3.05, 3.63) is 35.9 Å². The average molecular weight is 366 g/mol. The summed E-state index contributed by atoms with van der Waals surface area (Å²) in [4.78, 5) is 27.1. The van der Waals surface area contributed by atoms with Gasteiger partial charge in [0.2, 0.25) is 5.91 Å². The lowest BCUT2D eigenvalue weighted by molar-refractivity contribution is -0.128. The fourth-order valence-electron chi connectivity index (χ4n) is 3.93. The average Bonchev–Trinajstić information content (AvgIpc) is 3.11. The molecule has 1 aliphatic carbocycles. The molecule has 138 valence electrons. The molecule has 0 aromatic heterocycles. The Labute approximate surface area is 155 Å². The number of piperidine rings is 1. The fraction of sp³-hybridized carbons (Fsp3) is 0.579. The highest BCUT2D eigenvalue weighted by Gasteiger charge is 2.37. The Morgan fingerprint density at radius 3 is 2.48 bits per heavy atom. The van der Waals surface area contributed by atoms with Gasteiger partial charge in [-0.15, -0.1) is 12.4 Å². The monoisotopic (exact) mass is 365 g/mol. The Morgan fingerprint density at radius 1 is 1.16 bits per heavy atom. The summed E-state index contributed by atoms with van der Waals surface area (Å²) in [5.74, 6) is -0.0501. The number of halogens is 1. The van der Waals surface area contributed by atoms with Crippen molar-refractivity contribution in [3.8, 4) is 0 Å². The van der Waals surface area contributed by atoms with Gasteiger partial charge < -0.3 is 16.0 Å². The summed E-state index contributed by atoms with van der Waals surface area (Å²) in [6.45, 7) is 1.72. The van der Waals surface area contributed by atoms with Gasteiger partial charge in [-0.1, -0.05) is 31.0 Å². The van der Waals surface area contributed by atoms with Gasteiger partial charge in [0, 0.05) is 25.2 Å². The highest BCUT2D eigenvalue weighted by atomic mass is 35.5. The molecule has 3 N–H and O–H groups in total. The summed E-state index contributed by atoms with van der Waals surface area (Å²) >= 11 is 0. The molecule has 1 aromatic rings. The van der Waals surface area contributed by atoms with Crippen molar-refractivity contribution in [2.24, 2.45) is 11.7 Å². The minimum Gasteiger partial charge on any atom is -0.349 e. The summed E-state index contributed by atoms with van der Waals surface area (Å²) < 4.78 is 0.